The normalized spacial score (nSPS) is 21.5. The highest BCUT2D eigenvalue weighted by Crippen LogP contribution is 2.41. The summed E-state index contributed by atoms with van der Waals surface area (Å²) in [6, 6.07) is 15.7. The standard InChI is InChI=1S/C23H27N3O4/c1-25-23(16-26-13-12-24-17-26,18-4-6-19(27-2)7-5-18)14-22(30-25)15-29-21-10-8-20(28-3)9-11-21/h4-13,17,22H,14-16H2,1-3H3. The van der Waals surface area contributed by atoms with Crippen LogP contribution in [0.4, 0.5) is 0 Å². The number of hydrogen-bond acceptors (Lipinski definition) is 6. The van der Waals surface area contributed by atoms with E-state index in [9.17, 15) is 0 Å². The Kier molecular flexibility index (Phi) is 5.92. The fourth-order valence-electron chi connectivity index (χ4n) is 3.96. The molecular formula is C23H27N3O4. The van der Waals surface area contributed by atoms with Crippen molar-refractivity contribution in [2.75, 3.05) is 27.9 Å². The van der Waals surface area contributed by atoms with Gasteiger partial charge in [-0.2, -0.15) is 5.06 Å². The molecule has 0 N–H and O–H groups in total. The van der Waals surface area contributed by atoms with Crippen molar-refractivity contribution < 1.29 is 19.0 Å². The van der Waals surface area contributed by atoms with E-state index in [0.29, 0.717) is 6.61 Å². The van der Waals surface area contributed by atoms with Crippen LogP contribution in [0, 0.1) is 0 Å². The summed E-state index contributed by atoms with van der Waals surface area (Å²) in [6.07, 6.45) is 6.30. The molecule has 7 nitrogen and oxygen atoms in total. The van der Waals surface area contributed by atoms with Crippen LogP contribution in [0.1, 0.15) is 12.0 Å². The summed E-state index contributed by atoms with van der Waals surface area (Å²) in [4.78, 5) is 10.4. The van der Waals surface area contributed by atoms with Crippen LogP contribution < -0.4 is 14.2 Å². The monoisotopic (exact) mass is 409 g/mol. The summed E-state index contributed by atoms with van der Waals surface area (Å²) in [5.41, 5.74) is 0.812. The number of aromatic nitrogens is 2. The van der Waals surface area contributed by atoms with Crippen LogP contribution in [0.2, 0.25) is 0 Å². The van der Waals surface area contributed by atoms with E-state index in [2.05, 4.69) is 21.7 Å². The van der Waals surface area contributed by atoms with E-state index < -0.39 is 0 Å². The fourth-order valence-corrected chi connectivity index (χ4v) is 3.96. The molecule has 1 aromatic heterocycles. The summed E-state index contributed by atoms with van der Waals surface area (Å²) in [7, 11) is 5.30. The SMILES string of the molecule is COc1ccc(OCC2CC(Cn3ccnc3)(c3ccc(OC)cc3)N(C)O2)cc1. The number of nitrogens with zero attached hydrogens (tertiary/aromatic N) is 3. The Morgan fingerprint density at radius 2 is 1.63 bits per heavy atom. The van der Waals surface area contributed by atoms with Gasteiger partial charge >= 0.3 is 0 Å². The van der Waals surface area contributed by atoms with Gasteiger partial charge < -0.3 is 18.8 Å². The molecule has 2 heterocycles. The van der Waals surface area contributed by atoms with Crippen molar-refractivity contribution in [2.24, 2.45) is 0 Å². The molecule has 0 saturated carbocycles. The summed E-state index contributed by atoms with van der Waals surface area (Å²) in [5.74, 6) is 2.43. The van der Waals surface area contributed by atoms with Crippen LogP contribution >= 0.6 is 0 Å². The molecule has 0 spiro atoms. The number of ether oxygens (including phenoxy) is 3. The van der Waals surface area contributed by atoms with Crippen LogP contribution in [-0.4, -0.2) is 48.6 Å². The Hall–Kier alpha value is -3.03. The van der Waals surface area contributed by atoms with E-state index in [1.165, 1.54) is 0 Å². The quantitative estimate of drug-likeness (QED) is 0.568. The van der Waals surface area contributed by atoms with E-state index in [0.717, 1.165) is 35.8 Å². The van der Waals surface area contributed by atoms with Crippen LogP contribution in [0.3, 0.4) is 0 Å². The minimum absolute atomic E-state index is 0.0808. The van der Waals surface area contributed by atoms with Crippen molar-refractivity contribution in [3.05, 3.63) is 72.8 Å². The van der Waals surface area contributed by atoms with Crippen LogP contribution in [0.15, 0.2) is 67.3 Å². The number of likely N-dealkylation sites (N-methyl/N-ethyl adjacent to an activating group) is 1. The van der Waals surface area contributed by atoms with Gasteiger partial charge in [0, 0.05) is 32.4 Å². The van der Waals surface area contributed by atoms with Gasteiger partial charge in [-0.05, 0) is 42.0 Å². The largest absolute Gasteiger partial charge is 0.497 e. The molecule has 4 rings (SSSR count). The van der Waals surface area contributed by atoms with Crippen LogP contribution in [-0.2, 0) is 16.9 Å². The highest BCUT2D eigenvalue weighted by atomic mass is 16.7. The van der Waals surface area contributed by atoms with Gasteiger partial charge in [0.15, 0.2) is 0 Å². The molecule has 0 bridgehead atoms. The minimum Gasteiger partial charge on any atom is -0.497 e. The lowest BCUT2D eigenvalue weighted by molar-refractivity contribution is -0.179. The lowest BCUT2D eigenvalue weighted by atomic mass is 9.85. The summed E-state index contributed by atoms with van der Waals surface area (Å²) in [6.45, 7) is 1.17. The Morgan fingerprint density at radius 3 is 2.23 bits per heavy atom. The number of rotatable bonds is 8. The predicted molar refractivity (Wildman–Crippen MR) is 113 cm³/mol. The lowest BCUT2D eigenvalue weighted by Gasteiger charge is -2.35. The Balaban J connectivity index is 1.53. The highest BCUT2D eigenvalue weighted by Gasteiger charge is 2.47. The number of methoxy groups -OCH3 is 2. The molecule has 2 atom stereocenters. The molecule has 158 valence electrons. The zero-order chi connectivity index (χ0) is 21.0. The Bertz CT molecular complexity index is 928. The molecule has 1 fully saturated rings. The number of benzene rings is 2. The van der Waals surface area contributed by atoms with Crippen molar-refractivity contribution in [1.29, 1.82) is 0 Å². The average molecular weight is 409 g/mol. The lowest BCUT2D eigenvalue weighted by Crippen LogP contribution is -2.41. The first kappa shape index (κ1) is 20.3. The van der Waals surface area contributed by atoms with Crippen molar-refractivity contribution >= 4 is 0 Å². The van der Waals surface area contributed by atoms with Gasteiger partial charge in [-0.25, -0.2) is 4.98 Å². The zero-order valence-corrected chi connectivity index (χ0v) is 17.5. The fraction of sp³-hybridized carbons (Fsp3) is 0.348. The van der Waals surface area contributed by atoms with Gasteiger partial charge in [0.1, 0.15) is 30.0 Å². The number of imidazole rings is 1. The zero-order valence-electron chi connectivity index (χ0n) is 17.5. The number of hydroxylamine groups is 2. The molecule has 1 saturated heterocycles. The first-order valence-corrected chi connectivity index (χ1v) is 9.91. The topological polar surface area (TPSA) is 58.0 Å². The van der Waals surface area contributed by atoms with Crippen LogP contribution in [0.25, 0.3) is 0 Å². The smallest absolute Gasteiger partial charge is 0.119 e. The van der Waals surface area contributed by atoms with Crippen molar-refractivity contribution in [3.63, 3.8) is 0 Å². The molecule has 2 unspecified atom stereocenters. The average Bonchev–Trinajstić information content (AvgIpc) is 3.41. The number of hydrogen-bond donors (Lipinski definition) is 0. The molecule has 3 aromatic rings. The highest BCUT2D eigenvalue weighted by molar-refractivity contribution is 5.33. The van der Waals surface area contributed by atoms with Gasteiger partial charge in [0.05, 0.1) is 26.1 Å². The molecule has 2 aromatic carbocycles. The first-order valence-electron chi connectivity index (χ1n) is 9.91. The first-order chi connectivity index (χ1) is 14.6. The third-order valence-electron chi connectivity index (χ3n) is 5.60. The van der Waals surface area contributed by atoms with Gasteiger partial charge in [0.25, 0.3) is 0 Å². The van der Waals surface area contributed by atoms with E-state index in [4.69, 9.17) is 19.0 Å². The van der Waals surface area contributed by atoms with E-state index in [1.807, 2.05) is 61.0 Å². The summed E-state index contributed by atoms with van der Waals surface area (Å²) >= 11 is 0. The van der Waals surface area contributed by atoms with E-state index in [-0.39, 0.29) is 11.6 Å². The maximum Gasteiger partial charge on any atom is 0.119 e. The molecule has 1 aliphatic heterocycles. The molecule has 1 aliphatic rings. The van der Waals surface area contributed by atoms with Crippen molar-refractivity contribution in [1.82, 2.24) is 14.6 Å². The van der Waals surface area contributed by atoms with Gasteiger partial charge in [-0.1, -0.05) is 12.1 Å². The second kappa shape index (κ2) is 8.77. The molecule has 30 heavy (non-hydrogen) atoms. The predicted octanol–water partition coefficient (Wildman–Crippen LogP) is 3.51. The van der Waals surface area contributed by atoms with E-state index >= 15 is 0 Å². The van der Waals surface area contributed by atoms with Crippen molar-refractivity contribution in [2.45, 2.75) is 24.6 Å². The van der Waals surface area contributed by atoms with Gasteiger partial charge in [0.2, 0.25) is 0 Å². The summed E-state index contributed by atoms with van der Waals surface area (Å²) < 4.78 is 18.6. The van der Waals surface area contributed by atoms with Crippen LogP contribution in [0.5, 0.6) is 17.2 Å². The molecular weight excluding hydrogens is 382 g/mol. The molecule has 0 aliphatic carbocycles. The van der Waals surface area contributed by atoms with Gasteiger partial charge in [-0.15, -0.1) is 0 Å². The maximum atomic E-state index is 6.22. The second-order valence-corrected chi connectivity index (χ2v) is 7.41. The molecule has 7 heteroatoms. The Labute approximate surface area is 176 Å². The van der Waals surface area contributed by atoms with Gasteiger partial charge in [-0.3, -0.25) is 4.84 Å². The third kappa shape index (κ3) is 4.13. The minimum atomic E-state index is -0.346. The second-order valence-electron chi connectivity index (χ2n) is 7.41. The van der Waals surface area contributed by atoms with Crippen molar-refractivity contribution in [3.8, 4) is 17.2 Å². The molecule has 0 amide bonds. The summed E-state index contributed by atoms with van der Waals surface area (Å²) in [5, 5.41) is 1.96. The third-order valence-corrected chi connectivity index (χ3v) is 5.60. The molecule has 0 radical (unpaired) electrons. The van der Waals surface area contributed by atoms with E-state index in [1.54, 1.807) is 20.4 Å². The maximum absolute atomic E-state index is 6.22. The Morgan fingerprint density at radius 1 is 1.00 bits per heavy atom.